The second-order valence-corrected chi connectivity index (χ2v) is 4.10. The van der Waals surface area contributed by atoms with Gasteiger partial charge >= 0.3 is 6.09 Å². The van der Waals surface area contributed by atoms with Gasteiger partial charge in [0, 0.05) is 5.39 Å². The molecule has 19 heavy (non-hydrogen) atoms. The second kappa shape index (κ2) is 5.39. The van der Waals surface area contributed by atoms with Crippen LogP contribution in [0.1, 0.15) is 6.92 Å². The summed E-state index contributed by atoms with van der Waals surface area (Å²) in [4.78, 5) is 22.4. The summed E-state index contributed by atoms with van der Waals surface area (Å²) >= 11 is 0. The summed E-state index contributed by atoms with van der Waals surface area (Å²) in [6.07, 6.45) is -1.67. The van der Waals surface area contributed by atoms with E-state index in [9.17, 15) is 9.59 Å². The molecule has 3 N–H and O–H groups in total. The Hall–Kier alpha value is -2.56. The van der Waals surface area contributed by atoms with Gasteiger partial charge in [0.15, 0.2) is 6.10 Å². The highest BCUT2D eigenvalue weighted by atomic mass is 16.6. The number of anilines is 1. The third kappa shape index (κ3) is 3.01. The Bertz CT molecular complexity index is 620. The number of primary amides is 1. The molecule has 0 aliphatic rings. The summed E-state index contributed by atoms with van der Waals surface area (Å²) < 4.78 is 4.84. The zero-order valence-electron chi connectivity index (χ0n) is 10.4. The fraction of sp³-hybridized carbons (Fsp3) is 0.143. The molecule has 0 bridgehead atoms. The molecule has 0 aliphatic carbocycles. The fourth-order valence-corrected chi connectivity index (χ4v) is 1.69. The number of hydrogen-bond donors (Lipinski definition) is 2. The minimum atomic E-state index is -0.963. The van der Waals surface area contributed by atoms with Crippen LogP contribution in [0.5, 0.6) is 0 Å². The Labute approximate surface area is 110 Å². The highest BCUT2D eigenvalue weighted by molar-refractivity contribution is 6.00. The Morgan fingerprint density at radius 2 is 1.84 bits per heavy atom. The summed E-state index contributed by atoms with van der Waals surface area (Å²) in [5, 5.41) is 4.50. The number of carbonyl (C=O) groups is 2. The van der Waals surface area contributed by atoms with Crippen LogP contribution in [-0.4, -0.2) is 18.1 Å². The molecular formula is C14H14N2O3. The number of ether oxygens (including phenoxy) is 1. The average Bonchev–Trinajstić information content (AvgIpc) is 2.39. The predicted octanol–water partition coefficient (Wildman–Crippen LogP) is 2.26. The van der Waals surface area contributed by atoms with Gasteiger partial charge in [0.2, 0.25) is 0 Å². The molecule has 0 heterocycles. The molecule has 1 unspecified atom stereocenters. The van der Waals surface area contributed by atoms with Gasteiger partial charge in [0.25, 0.3) is 5.91 Å². The van der Waals surface area contributed by atoms with E-state index in [0.29, 0.717) is 5.69 Å². The molecule has 0 saturated heterocycles. The lowest BCUT2D eigenvalue weighted by Gasteiger charge is -2.12. The van der Waals surface area contributed by atoms with Gasteiger partial charge in [-0.25, -0.2) is 4.79 Å². The molecule has 0 aromatic heterocycles. The quantitative estimate of drug-likeness (QED) is 0.886. The number of nitrogens with two attached hydrogens (primary N) is 1. The number of nitrogens with one attached hydrogen (secondary N) is 1. The molecule has 2 rings (SSSR count). The van der Waals surface area contributed by atoms with E-state index in [1.54, 1.807) is 6.07 Å². The van der Waals surface area contributed by atoms with Crippen molar-refractivity contribution >= 4 is 28.5 Å². The molecular weight excluding hydrogens is 244 g/mol. The van der Waals surface area contributed by atoms with Crippen molar-refractivity contribution < 1.29 is 14.3 Å². The van der Waals surface area contributed by atoms with E-state index >= 15 is 0 Å². The standard InChI is InChI=1S/C14H14N2O3/c1-9(13(15)17)19-14(18)16-12-8-4-6-10-5-2-3-7-11(10)12/h2-9H,1H3,(H2,15,17)(H,16,18). The molecule has 5 heteroatoms. The first-order valence-electron chi connectivity index (χ1n) is 5.82. The van der Waals surface area contributed by atoms with Gasteiger partial charge in [-0.15, -0.1) is 0 Å². The van der Waals surface area contributed by atoms with E-state index in [-0.39, 0.29) is 0 Å². The van der Waals surface area contributed by atoms with E-state index in [2.05, 4.69) is 5.32 Å². The summed E-state index contributed by atoms with van der Waals surface area (Å²) in [6, 6.07) is 13.2. The molecule has 5 nitrogen and oxygen atoms in total. The van der Waals surface area contributed by atoms with E-state index in [1.807, 2.05) is 36.4 Å². The van der Waals surface area contributed by atoms with E-state index in [0.717, 1.165) is 10.8 Å². The van der Waals surface area contributed by atoms with Crippen molar-refractivity contribution in [1.29, 1.82) is 0 Å². The SMILES string of the molecule is CC(OC(=O)Nc1cccc2ccccc12)C(N)=O. The van der Waals surface area contributed by atoms with Crippen LogP contribution in [0.15, 0.2) is 42.5 Å². The normalized spacial score (nSPS) is 11.8. The van der Waals surface area contributed by atoms with Crippen LogP contribution in [0.2, 0.25) is 0 Å². The predicted molar refractivity (Wildman–Crippen MR) is 72.7 cm³/mol. The maximum absolute atomic E-state index is 11.6. The molecule has 0 radical (unpaired) electrons. The van der Waals surface area contributed by atoms with Gasteiger partial charge in [-0.05, 0) is 18.4 Å². The van der Waals surface area contributed by atoms with E-state index < -0.39 is 18.1 Å². The lowest BCUT2D eigenvalue weighted by atomic mass is 10.1. The number of rotatable bonds is 3. The molecule has 2 amide bonds. The van der Waals surface area contributed by atoms with Crippen LogP contribution in [0.25, 0.3) is 10.8 Å². The van der Waals surface area contributed by atoms with Gasteiger partial charge in [-0.3, -0.25) is 10.1 Å². The maximum atomic E-state index is 11.6. The zero-order valence-corrected chi connectivity index (χ0v) is 10.4. The monoisotopic (exact) mass is 258 g/mol. The molecule has 0 fully saturated rings. The first-order chi connectivity index (χ1) is 9.08. The number of hydrogen-bond acceptors (Lipinski definition) is 3. The summed E-state index contributed by atoms with van der Waals surface area (Å²) in [5.74, 6) is -0.687. The van der Waals surface area contributed by atoms with Gasteiger partial charge in [0.05, 0.1) is 5.69 Å². The van der Waals surface area contributed by atoms with E-state index in [1.165, 1.54) is 6.92 Å². The number of carbonyl (C=O) groups excluding carboxylic acids is 2. The number of fused-ring (bicyclic) bond motifs is 1. The Morgan fingerprint density at radius 1 is 1.16 bits per heavy atom. The summed E-state index contributed by atoms with van der Waals surface area (Å²) in [7, 11) is 0. The third-order valence-electron chi connectivity index (χ3n) is 2.71. The molecule has 2 aromatic carbocycles. The van der Waals surface area contributed by atoms with Crippen LogP contribution < -0.4 is 11.1 Å². The van der Waals surface area contributed by atoms with Crippen molar-refractivity contribution in [2.75, 3.05) is 5.32 Å². The maximum Gasteiger partial charge on any atom is 0.412 e. The van der Waals surface area contributed by atoms with Crippen LogP contribution in [0.3, 0.4) is 0 Å². The first kappa shape index (κ1) is 12.9. The van der Waals surface area contributed by atoms with Crippen LogP contribution in [0.4, 0.5) is 10.5 Å². The van der Waals surface area contributed by atoms with Gasteiger partial charge < -0.3 is 10.5 Å². The summed E-state index contributed by atoms with van der Waals surface area (Å²) in [6.45, 7) is 1.42. The smallest absolute Gasteiger partial charge is 0.412 e. The lowest BCUT2D eigenvalue weighted by Crippen LogP contribution is -2.32. The highest BCUT2D eigenvalue weighted by Gasteiger charge is 2.14. The van der Waals surface area contributed by atoms with Crippen LogP contribution in [-0.2, 0) is 9.53 Å². The van der Waals surface area contributed by atoms with Crippen molar-refractivity contribution in [3.05, 3.63) is 42.5 Å². The van der Waals surface area contributed by atoms with Crippen LogP contribution in [0, 0.1) is 0 Å². The molecule has 98 valence electrons. The van der Waals surface area contributed by atoms with Gasteiger partial charge in [-0.2, -0.15) is 0 Å². The Balaban J connectivity index is 2.17. The zero-order chi connectivity index (χ0) is 13.8. The van der Waals surface area contributed by atoms with Crippen molar-refractivity contribution in [3.63, 3.8) is 0 Å². The summed E-state index contributed by atoms with van der Waals surface area (Å²) in [5.41, 5.74) is 5.65. The molecule has 1 atom stereocenters. The largest absolute Gasteiger partial charge is 0.436 e. The van der Waals surface area contributed by atoms with Crippen molar-refractivity contribution in [2.24, 2.45) is 5.73 Å². The Kier molecular flexibility index (Phi) is 3.66. The molecule has 0 saturated carbocycles. The number of amides is 2. The highest BCUT2D eigenvalue weighted by Crippen LogP contribution is 2.23. The Morgan fingerprint density at radius 3 is 2.58 bits per heavy atom. The topological polar surface area (TPSA) is 81.4 Å². The van der Waals surface area contributed by atoms with Gasteiger partial charge in [-0.1, -0.05) is 36.4 Å². The third-order valence-corrected chi connectivity index (χ3v) is 2.71. The fourth-order valence-electron chi connectivity index (χ4n) is 1.69. The van der Waals surface area contributed by atoms with E-state index in [4.69, 9.17) is 10.5 Å². The van der Waals surface area contributed by atoms with Crippen LogP contribution >= 0.6 is 0 Å². The van der Waals surface area contributed by atoms with Crippen molar-refractivity contribution in [2.45, 2.75) is 13.0 Å². The molecule has 0 spiro atoms. The average molecular weight is 258 g/mol. The van der Waals surface area contributed by atoms with Crippen molar-refractivity contribution in [3.8, 4) is 0 Å². The van der Waals surface area contributed by atoms with Gasteiger partial charge in [0.1, 0.15) is 0 Å². The molecule has 2 aromatic rings. The second-order valence-electron chi connectivity index (χ2n) is 4.10. The molecule has 0 aliphatic heterocycles. The minimum Gasteiger partial charge on any atom is -0.436 e. The minimum absolute atomic E-state index is 0.625. The lowest BCUT2D eigenvalue weighted by molar-refractivity contribution is -0.125. The number of benzene rings is 2. The first-order valence-corrected chi connectivity index (χ1v) is 5.82. The van der Waals surface area contributed by atoms with Crippen molar-refractivity contribution in [1.82, 2.24) is 0 Å².